The standard InChI is InChI=1S/C13H19N3O3.ClH/c1-2-9-19-13(14)16-7-5-15(6-8-16)12(17)11-4-3-10-18-11;/h3-4,10,14H,2,5-9H2,1H3;1H. The van der Waals surface area contributed by atoms with Crippen molar-refractivity contribution in [2.24, 2.45) is 0 Å². The van der Waals surface area contributed by atoms with Gasteiger partial charge in [-0.2, -0.15) is 0 Å². The molecule has 1 aromatic rings. The van der Waals surface area contributed by atoms with Crippen LogP contribution in [0, 0.1) is 5.41 Å². The SMILES string of the molecule is CCCOC(=N)N1CCN(C(=O)c2ccco2)CC1.Cl. The highest BCUT2D eigenvalue weighted by atomic mass is 35.5. The Morgan fingerprint density at radius 1 is 1.35 bits per heavy atom. The summed E-state index contributed by atoms with van der Waals surface area (Å²) in [5.74, 6) is 0.274. The highest BCUT2D eigenvalue weighted by Gasteiger charge is 2.25. The summed E-state index contributed by atoms with van der Waals surface area (Å²) in [6.45, 7) is 4.97. The first-order valence-electron chi connectivity index (χ1n) is 6.51. The van der Waals surface area contributed by atoms with E-state index in [9.17, 15) is 4.79 Å². The van der Waals surface area contributed by atoms with Gasteiger partial charge in [-0.1, -0.05) is 6.92 Å². The number of hydrogen-bond acceptors (Lipinski definition) is 4. The predicted octanol–water partition coefficient (Wildman–Crippen LogP) is 1.82. The van der Waals surface area contributed by atoms with Gasteiger partial charge in [0.05, 0.1) is 12.9 Å². The van der Waals surface area contributed by atoms with Crippen LogP contribution in [-0.2, 0) is 4.74 Å². The Morgan fingerprint density at radius 3 is 2.55 bits per heavy atom. The van der Waals surface area contributed by atoms with Crippen LogP contribution in [-0.4, -0.2) is 54.5 Å². The molecular formula is C13H20ClN3O3. The van der Waals surface area contributed by atoms with Gasteiger partial charge in [0.2, 0.25) is 0 Å². The Kier molecular flexibility index (Phi) is 6.38. The zero-order chi connectivity index (χ0) is 13.7. The van der Waals surface area contributed by atoms with Crippen molar-refractivity contribution >= 4 is 24.3 Å². The van der Waals surface area contributed by atoms with E-state index in [1.807, 2.05) is 11.8 Å². The van der Waals surface area contributed by atoms with E-state index in [0.717, 1.165) is 6.42 Å². The molecule has 0 saturated carbocycles. The maximum Gasteiger partial charge on any atom is 0.289 e. The van der Waals surface area contributed by atoms with Crippen LogP contribution in [0.2, 0.25) is 0 Å². The monoisotopic (exact) mass is 301 g/mol. The number of ether oxygens (including phenoxy) is 1. The zero-order valence-corrected chi connectivity index (χ0v) is 12.3. The second-order valence-electron chi connectivity index (χ2n) is 4.41. The van der Waals surface area contributed by atoms with E-state index in [2.05, 4.69) is 0 Å². The molecule has 0 atom stereocenters. The third kappa shape index (κ3) is 3.90. The third-order valence-electron chi connectivity index (χ3n) is 3.03. The summed E-state index contributed by atoms with van der Waals surface area (Å²) in [7, 11) is 0. The van der Waals surface area contributed by atoms with Gasteiger partial charge in [-0.3, -0.25) is 10.2 Å². The molecule has 1 aliphatic rings. The Labute approximate surface area is 124 Å². The minimum atomic E-state index is -0.0920. The molecule has 2 rings (SSSR count). The molecule has 20 heavy (non-hydrogen) atoms. The fourth-order valence-electron chi connectivity index (χ4n) is 1.96. The molecule has 7 heteroatoms. The Morgan fingerprint density at radius 2 is 2.00 bits per heavy atom. The molecule has 1 saturated heterocycles. The van der Waals surface area contributed by atoms with E-state index < -0.39 is 0 Å². The lowest BCUT2D eigenvalue weighted by Gasteiger charge is -2.34. The molecule has 112 valence electrons. The van der Waals surface area contributed by atoms with E-state index in [1.54, 1.807) is 17.0 Å². The number of carbonyl (C=O) groups is 1. The lowest BCUT2D eigenvalue weighted by Crippen LogP contribution is -2.50. The normalized spacial score (nSPS) is 14.7. The second-order valence-corrected chi connectivity index (χ2v) is 4.41. The van der Waals surface area contributed by atoms with Crippen molar-refractivity contribution in [3.8, 4) is 0 Å². The highest BCUT2D eigenvalue weighted by Crippen LogP contribution is 2.09. The smallest absolute Gasteiger partial charge is 0.289 e. The van der Waals surface area contributed by atoms with Gasteiger partial charge in [0.25, 0.3) is 11.9 Å². The van der Waals surface area contributed by atoms with Crippen molar-refractivity contribution < 1.29 is 13.9 Å². The van der Waals surface area contributed by atoms with Gasteiger partial charge in [0.1, 0.15) is 0 Å². The van der Waals surface area contributed by atoms with Gasteiger partial charge in [0.15, 0.2) is 5.76 Å². The molecule has 1 aliphatic heterocycles. The fourth-order valence-corrected chi connectivity index (χ4v) is 1.96. The highest BCUT2D eigenvalue weighted by molar-refractivity contribution is 5.91. The van der Waals surface area contributed by atoms with E-state index in [0.29, 0.717) is 38.5 Å². The molecular weight excluding hydrogens is 282 g/mol. The molecule has 0 bridgehead atoms. The van der Waals surface area contributed by atoms with Crippen molar-refractivity contribution in [2.75, 3.05) is 32.8 Å². The molecule has 0 unspecified atom stereocenters. The van der Waals surface area contributed by atoms with Crippen LogP contribution in [0.5, 0.6) is 0 Å². The van der Waals surface area contributed by atoms with Gasteiger partial charge in [0, 0.05) is 26.2 Å². The maximum absolute atomic E-state index is 12.0. The third-order valence-corrected chi connectivity index (χ3v) is 3.03. The summed E-state index contributed by atoms with van der Waals surface area (Å²) >= 11 is 0. The van der Waals surface area contributed by atoms with E-state index in [-0.39, 0.29) is 24.3 Å². The number of rotatable bonds is 3. The Balaban J connectivity index is 0.00000200. The van der Waals surface area contributed by atoms with Gasteiger partial charge >= 0.3 is 0 Å². The molecule has 1 amide bonds. The number of amidine groups is 1. The molecule has 0 radical (unpaired) electrons. The first kappa shape index (κ1) is 16.4. The number of nitrogens with one attached hydrogen (secondary N) is 1. The van der Waals surface area contributed by atoms with Crippen LogP contribution in [0.3, 0.4) is 0 Å². The van der Waals surface area contributed by atoms with Crippen molar-refractivity contribution in [3.63, 3.8) is 0 Å². The summed E-state index contributed by atoms with van der Waals surface area (Å²) in [4.78, 5) is 15.6. The van der Waals surface area contributed by atoms with Gasteiger partial charge < -0.3 is 19.0 Å². The number of furan rings is 1. The topological polar surface area (TPSA) is 69.8 Å². The summed E-state index contributed by atoms with van der Waals surface area (Å²) < 4.78 is 10.4. The summed E-state index contributed by atoms with van der Waals surface area (Å²) in [5.41, 5.74) is 0. The van der Waals surface area contributed by atoms with Crippen LogP contribution < -0.4 is 0 Å². The van der Waals surface area contributed by atoms with Crippen LogP contribution in [0.1, 0.15) is 23.9 Å². The number of amides is 1. The number of piperazine rings is 1. The number of carbonyl (C=O) groups excluding carboxylic acids is 1. The van der Waals surface area contributed by atoms with Crippen molar-refractivity contribution in [1.82, 2.24) is 9.80 Å². The number of halogens is 1. The summed E-state index contributed by atoms with van der Waals surface area (Å²) in [5, 5.41) is 7.78. The maximum atomic E-state index is 12.0. The van der Waals surface area contributed by atoms with Gasteiger partial charge in [-0.05, 0) is 18.6 Å². The Bertz CT molecular complexity index is 428. The molecule has 2 heterocycles. The second kappa shape index (κ2) is 7.79. The molecule has 0 aliphatic carbocycles. The van der Waals surface area contributed by atoms with Crippen molar-refractivity contribution in [3.05, 3.63) is 24.2 Å². The molecule has 0 spiro atoms. The van der Waals surface area contributed by atoms with Crippen molar-refractivity contribution in [1.29, 1.82) is 5.41 Å². The predicted molar refractivity (Wildman–Crippen MR) is 77.4 cm³/mol. The van der Waals surface area contributed by atoms with Crippen molar-refractivity contribution in [2.45, 2.75) is 13.3 Å². The minimum Gasteiger partial charge on any atom is -0.465 e. The largest absolute Gasteiger partial charge is 0.465 e. The quantitative estimate of drug-likeness (QED) is 0.683. The minimum absolute atomic E-state index is 0. The molecule has 6 nitrogen and oxygen atoms in total. The molecule has 0 aromatic carbocycles. The lowest BCUT2D eigenvalue weighted by molar-refractivity contribution is 0.0637. The van der Waals surface area contributed by atoms with Gasteiger partial charge in [-0.15, -0.1) is 12.4 Å². The van der Waals surface area contributed by atoms with E-state index >= 15 is 0 Å². The number of nitrogens with zero attached hydrogens (tertiary/aromatic N) is 2. The lowest BCUT2D eigenvalue weighted by atomic mass is 10.3. The van der Waals surface area contributed by atoms with Crippen LogP contribution in [0.15, 0.2) is 22.8 Å². The molecule has 1 N–H and O–H groups in total. The van der Waals surface area contributed by atoms with Crippen LogP contribution >= 0.6 is 12.4 Å². The fraction of sp³-hybridized carbons (Fsp3) is 0.538. The average Bonchev–Trinajstić information content (AvgIpc) is 2.98. The zero-order valence-electron chi connectivity index (χ0n) is 11.5. The van der Waals surface area contributed by atoms with E-state index in [4.69, 9.17) is 14.6 Å². The van der Waals surface area contributed by atoms with Crippen LogP contribution in [0.25, 0.3) is 0 Å². The summed E-state index contributed by atoms with van der Waals surface area (Å²) in [6.07, 6.45) is 2.39. The molecule has 1 fully saturated rings. The first-order valence-corrected chi connectivity index (χ1v) is 6.51. The number of hydrogen-bond donors (Lipinski definition) is 1. The Hall–Kier alpha value is -1.69. The average molecular weight is 302 g/mol. The van der Waals surface area contributed by atoms with E-state index in [1.165, 1.54) is 6.26 Å². The first-order chi connectivity index (χ1) is 9.22. The summed E-state index contributed by atoms with van der Waals surface area (Å²) in [6, 6.07) is 3.57. The van der Waals surface area contributed by atoms with Crippen LogP contribution in [0.4, 0.5) is 0 Å². The van der Waals surface area contributed by atoms with Gasteiger partial charge in [-0.25, -0.2) is 0 Å². The molecule has 1 aromatic heterocycles.